The lowest BCUT2D eigenvalue weighted by atomic mass is 10.2. The van der Waals surface area contributed by atoms with Gasteiger partial charge in [-0.25, -0.2) is 9.98 Å². The molecule has 1 aliphatic heterocycles. The Bertz CT molecular complexity index is 676. The first kappa shape index (κ1) is 15.8. The highest BCUT2D eigenvalue weighted by Crippen LogP contribution is 2.39. The van der Waals surface area contributed by atoms with Gasteiger partial charge in [-0.3, -0.25) is 10.1 Å². The van der Waals surface area contributed by atoms with Crippen molar-refractivity contribution in [3.63, 3.8) is 0 Å². The second kappa shape index (κ2) is 6.89. The first-order valence-electron chi connectivity index (χ1n) is 5.74. The van der Waals surface area contributed by atoms with E-state index in [0.717, 1.165) is 22.2 Å². The van der Waals surface area contributed by atoms with Crippen LogP contribution in [0.15, 0.2) is 60.1 Å². The van der Waals surface area contributed by atoms with Crippen molar-refractivity contribution >= 4 is 47.4 Å². The summed E-state index contributed by atoms with van der Waals surface area (Å²) in [6.07, 6.45) is 2.74. The van der Waals surface area contributed by atoms with Gasteiger partial charge in [0, 0.05) is 17.3 Å². The molecule has 0 bridgehead atoms. The van der Waals surface area contributed by atoms with Crippen LogP contribution in [0.2, 0.25) is 0 Å². The second-order valence-corrected chi connectivity index (χ2v) is 6.02. The van der Waals surface area contributed by atoms with Gasteiger partial charge in [-0.2, -0.15) is 0 Å². The first-order valence-corrected chi connectivity index (χ1v) is 7.32. The topological polar surface area (TPSA) is 67.9 Å². The molecule has 0 aliphatic carbocycles. The number of aryl methyl sites for hydroxylation is 1. The van der Waals surface area contributed by atoms with Gasteiger partial charge in [-0.15, -0.1) is 0 Å². The molecule has 1 heterocycles. The number of nitrogens with zero attached hydrogens (tertiary/aromatic N) is 3. The molecule has 21 heavy (non-hydrogen) atoms. The van der Waals surface area contributed by atoms with Crippen LogP contribution in [0.3, 0.4) is 0 Å². The van der Waals surface area contributed by atoms with Crippen molar-refractivity contribution in [2.75, 3.05) is 0 Å². The Labute approximate surface area is 135 Å². The molecule has 0 atom stereocenters. The van der Waals surface area contributed by atoms with Gasteiger partial charge >= 0.3 is 5.70 Å². The highest BCUT2D eigenvalue weighted by Gasteiger charge is 2.28. The van der Waals surface area contributed by atoms with Gasteiger partial charge in [0.1, 0.15) is 9.40 Å². The summed E-state index contributed by atoms with van der Waals surface area (Å²) in [7, 11) is 0. The molecule has 0 saturated heterocycles. The summed E-state index contributed by atoms with van der Waals surface area (Å²) >= 11 is 12.7. The van der Waals surface area contributed by atoms with Gasteiger partial charge in [-0.05, 0) is 19.1 Å². The Morgan fingerprint density at radius 2 is 1.76 bits per heavy atom. The third-order valence-corrected chi connectivity index (χ3v) is 4.19. The maximum absolute atomic E-state index is 11.3. The minimum atomic E-state index is -0.587. The van der Waals surface area contributed by atoms with E-state index in [-0.39, 0.29) is 20.9 Å². The zero-order chi connectivity index (χ0) is 15.4. The molecular weight excluding hydrogens is 333 g/mol. The highest BCUT2D eigenvalue weighted by atomic mass is 35.5. The molecule has 0 aromatic heterocycles. The van der Waals surface area contributed by atoms with E-state index in [1.165, 1.54) is 12.4 Å². The van der Waals surface area contributed by atoms with E-state index in [9.17, 15) is 10.1 Å². The molecule has 8 heteroatoms. The number of rotatable bonds is 4. The molecule has 1 aromatic carbocycles. The third kappa shape index (κ3) is 3.93. The molecule has 0 spiro atoms. The number of hydrogen-bond acceptors (Lipinski definition) is 5. The Morgan fingerprint density at radius 3 is 2.24 bits per heavy atom. The average Bonchev–Trinajstić information content (AvgIpc) is 2.93. The Kier molecular flexibility index (Phi) is 5.17. The van der Waals surface area contributed by atoms with Crippen molar-refractivity contribution in [2.24, 2.45) is 9.98 Å². The summed E-state index contributed by atoms with van der Waals surface area (Å²) in [5, 5.41) is 11.3. The SMILES string of the molecule is Cc1ccc(SC(=C(Cl)Cl)C(=C2N=CC=N2)[N+](=O)[O-])cc1. The number of halogens is 2. The summed E-state index contributed by atoms with van der Waals surface area (Å²) in [4.78, 5) is 19.3. The predicted molar refractivity (Wildman–Crippen MR) is 86.8 cm³/mol. The summed E-state index contributed by atoms with van der Waals surface area (Å²) in [6.45, 7) is 1.95. The lowest BCUT2D eigenvalue weighted by Gasteiger charge is -2.06. The Hall–Kier alpha value is -1.63. The van der Waals surface area contributed by atoms with Crippen LogP contribution in [0.25, 0.3) is 0 Å². The van der Waals surface area contributed by atoms with Crippen LogP contribution in [-0.2, 0) is 0 Å². The molecule has 2 rings (SSSR count). The van der Waals surface area contributed by atoms with Crippen molar-refractivity contribution in [3.05, 3.63) is 60.9 Å². The molecule has 5 nitrogen and oxygen atoms in total. The summed E-state index contributed by atoms with van der Waals surface area (Å²) in [6, 6.07) is 7.46. The van der Waals surface area contributed by atoms with Crippen molar-refractivity contribution in [1.29, 1.82) is 0 Å². The van der Waals surface area contributed by atoms with Gasteiger partial charge in [0.15, 0.2) is 0 Å². The standard InChI is InChI=1S/C13H9Cl2N3O2S/c1-8-2-4-9(5-3-8)21-11(12(14)15)10(18(19)20)13-16-6-7-17-13/h2-7H,1H3. The third-order valence-electron chi connectivity index (χ3n) is 2.48. The maximum atomic E-state index is 11.3. The highest BCUT2D eigenvalue weighted by molar-refractivity contribution is 8.03. The first-order chi connectivity index (χ1) is 9.99. The number of aliphatic imine (C=N–C) groups is 2. The smallest absolute Gasteiger partial charge is 0.258 e. The molecular formula is C13H9Cl2N3O2S. The van der Waals surface area contributed by atoms with Crippen LogP contribution in [0, 0.1) is 17.0 Å². The minimum absolute atomic E-state index is 0.0200. The van der Waals surface area contributed by atoms with Gasteiger partial charge in [0.05, 0.1) is 4.92 Å². The molecule has 0 unspecified atom stereocenters. The summed E-state index contributed by atoms with van der Waals surface area (Å²) in [5.74, 6) is -0.0200. The normalized spacial score (nSPS) is 12.6. The molecule has 0 amide bonds. The number of thioether (sulfide) groups is 1. The van der Waals surface area contributed by atoms with Gasteiger partial charge < -0.3 is 0 Å². The van der Waals surface area contributed by atoms with Gasteiger partial charge in [-0.1, -0.05) is 52.7 Å². The van der Waals surface area contributed by atoms with E-state index in [1.54, 1.807) is 0 Å². The van der Waals surface area contributed by atoms with E-state index >= 15 is 0 Å². The second-order valence-electron chi connectivity index (χ2n) is 3.99. The quantitative estimate of drug-likeness (QED) is 0.464. The average molecular weight is 342 g/mol. The number of benzene rings is 1. The predicted octanol–water partition coefficient (Wildman–Crippen LogP) is 4.33. The molecule has 1 aliphatic rings. The molecule has 0 radical (unpaired) electrons. The van der Waals surface area contributed by atoms with Gasteiger partial charge in [0.25, 0.3) is 0 Å². The molecule has 0 fully saturated rings. The fourth-order valence-corrected chi connectivity index (χ4v) is 2.79. The van der Waals surface area contributed by atoms with Crippen LogP contribution in [0.4, 0.5) is 0 Å². The van der Waals surface area contributed by atoms with Crippen LogP contribution in [-0.4, -0.2) is 17.4 Å². The van der Waals surface area contributed by atoms with Crippen LogP contribution >= 0.6 is 35.0 Å². The minimum Gasteiger partial charge on any atom is -0.258 e. The molecule has 0 N–H and O–H groups in total. The number of nitro groups is 1. The van der Waals surface area contributed by atoms with E-state index < -0.39 is 4.92 Å². The van der Waals surface area contributed by atoms with Crippen LogP contribution in [0.1, 0.15) is 5.56 Å². The van der Waals surface area contributed by atoms with E-state index in [0.29, 0.717) is 0 Å². The van der Waals surface area contributed by atoms with Gasteiger partial charge in [0.2, 0.25) is 5.82 Å². The van der Waals surface area contributed by atoms with E-state index in [2.05, 4.69) is 9.98 Å². The molecule has 108 valence electrons. The van der Waals surface area contributed by atoms with E-state index in [1.807, 2.05) is 31.2 Å². The Morgan fingerprint density at radius 1 is 1.19 bits per heavy atom. The van der Waals surface area contributed by atoms with E-state index in [4.69, 9.17) is 23.2 Å². The lowest BCUT2D eigenvalue weighted by Crippen LogP contribution is -2.03. The van der Waals surface area contributed by atoms with Crippen molar-refractivity contribution in [1.82, 2.24) is 0 Å². The summed E-state index contributed by atoms with van der Waals surface area (Å²) < 4.78 is -0.197. The zero-order valence-electron chi connectivity index (χ0n) is 10.8. The fourth-order valence-electron chi connectivity index (χ4n) is 1.53. The Balaban J connectivity index is 2.44. The summed E-state index contributed by atoms with van der Waals surface area (Å²) in [5.41, 5.74) is 0.769. The number of hydrogen-bond donors (Lipinski definition) is 0. The molecule has 0 saturated carbocycles. The molecule has 1 aromatic rings. The largest absolute Gasteiger partial charge is 0.329 e. The zero-order valence-corrected chi connectivity index (χ0v) is 13.1. The van der Waals surface area contributed by atoms with Crippen molar-refractivity contribution in [2.45, 2.75) is 11.8 Å². The van der Waals surface area contributed by atoms with Crippen LogP contribution < -0.4 is 0 Å². The van der Waals surface area contributed by atoms with Crippen molar-refractivity contribution in [3.8, 4) is 0 Å². The fraction of sp³-hybridized carbons (Fsp3) is 0.0769. The lowest BCUT2D eigenvalue weighted by molar-refractivity contribution is -0.420. The maximum Gasteiger partial charge on any atom is 0.329 e. The monoisotopic (exact) mass is 341 g/mol. The van der Waals surface area contributed by atoms with Crippen LogP contribution in [0.5, 0.6) is 0 Å². The van der Waals surface area contributed by atoms with Crippen molar-refractivity contribution < 1.29 is 4.92 Å².